The number of carboxylic acid groups (broad SMARTS) is 1. The largest absolute Gasteiger partial charge is 0.477 e. The third kappa shape index (κ3) is 15.8. The average molecular weight is 1200 g/mol. The lowest BCUT2D eigenvalue weighted by Crippen LogP contribution is -2.71. The Morgan fingerprint density at radius 1 is 0.524 bits per heavy atom. The van der Waals surface area contributed by atoms with E-state index in [1.807, 2.05) is 0 Å². The van der Waals surface area contributed by atoms with Gasteiger partial charge in [0.15, 0.2) is 25.2 Å². The molecule has 30 atom stereocenters. The summed E-state index contributed by atoms with van der Waals surface area (Å²) in [6, 6.07) is -5.22. The van der Waals surface area contributed by atoms with Gasteiger partial charge in [-0.3, -0.25) is 14.4 Å². The summed E-state index contributed by atoms with van der Waals surface area (Å²) >= 11 is 0. The Morgan fingerprint density at radius 3 is 1.54 bits per heavy atom. The third-order valence-corrected chi connectivity index (χ3v) is 14.2. The minimum atomic E-state index is -3.21. The molecule has 5 fully saturated rings. The van der Waals surface area contributed by atoms with E-state index in [-0.39, 0.29) is 0 Å². The summed E-state index contributed by atoms with van der Waals surface area (Å²) in [6.45, 7) is -4.79. The minimum Gasteiger partial charge on any atom is -0.477 e. The van der Waals surface area contributed by atoms with Crippen LogP contribution in [0.15, 0.2) is 0 Å². The van der Waals surface area contributed by atoms with E-state index in [1.54, 1.807) is 0 Å². The van der Waals surface area contributed by atoms with E-state index in [0.717, 1.165) is 20.8 Å². The van der Waals surface area contributed by atoms with Crippen LogP contribution < -0.4 is 16.0 Å². The summed E-state index contributed by atoms with van der Waals surface area (Å²) in [5, 5.41) is 221. The fourth-order valence-electron chi connectivity index (χ4n) is 9.92. The van der Waals surface area contributed by atoms with E-state index in [2.05, 4.69) is 16.0 Å². The van der Waals surface area contributed by atoms with Crippen molar-refractivity contribution in [2.45, 2.75) is 211 Å². The molecule has 0 spiro atoms. The lowest BCUT2D eigenvalue weighted by atomic mass is 9.88. The van der Waals surface area contributed by atoms with E-state index in [4.69, 9.17) is 47.4 Å². The van der Waals surface area contributed by atoms with Crippen molar-refractivity contribution in [1.29, 1.82) is 0 Å². The zero-order valence-corrected chi connectivity index (χ0v) is 44.1. The van der Waals surface area contributed by atoms with Crippen molar-refractivity contribution >= 4 is 23.7 Å². The van der Waals surface area contributed by atoms with E-state index in [1.165, 1.54) is 0 Å². The average Bonchev–Trinajstić information content (AvgIpc) is 3.53. The molecule has 5 saturated heterocycles. The zero-order chi connectivity index (χ0) is 61.4. The van der Waals surface area contributed by atoms with Crippen molar-refractivity contribution < 1.29 is 169 Å². The lowest BCUT2D eigenvalue weighted by Gasteiger charge is -2.51. The van der Waals surface area contributed by atoms with Gasteiger partial charge in [-0.25, -0.2) is 4.79 Å². The first kappa shape index (κ1) is 69.5. The van der Waals surface area contributed by atoms with Gasteiger partial charge in [0.2, 0.25) is 17.7 Å². The van der Waals surface area contributed by atoms with Gasteiger partial charge in [0.1, 0.15) is 140 Å². The van der Waals surface area contributed by atoms with Crippen molar-refractivity contribution in [3.8, 4) is 0 Å². The highest BCUT2D eigenvalue weighted by atomic mass is 16.8. The predicted octanol–water partition coefficient (Wildman–Crippen LogP) is -14.8. The van der Waals surface area contributed by atoms with Gasteiger partial charge in [0.25, 0.3) is 5.79 Å². The second-order valence-electron chi connectivity index (χ2n) is 20.2. The fraction of sp³-hybridized carbons (Fsp3) is 0.911. The summed E-state index contributed by atoms with van der Waals surface area (Å²) in [4.78, 5) is 50.0. The van der Waals surface area contributed by atoms with Gasteiger partial charge in [-0.05, 0) is 0 Å². The smallest absolute Gasteiger partial charge is 0.364 e. The fourth-order valence-corrected chi connectivity index (χ4v) is 9.92. The Hall–Kier alpha value is -3.28. The van der Waals surface area contributed by atoms with Gasteiger partial charge in [0.05, 0.1) is 58.4 Å². The molecule has 476 valence electrons. The Kier molecular flexibility index (Phi) is 25.7. The molecule has 5 aliphatic heterocycles. The molecule has 0 unspecified atom stereocenters. The molecule has 5 aliphatic rings. The first-order valence-corrected chi connectivity index (χ1v) is 25.7. The standard InChI is InChI=1S/C45H77N3O34/c1-12(55)46-23-15(58)4-45(44(71)72,81-37(23)27(63)17(60)6-50)82-39-29(65)20(9-53)75-43(34(39)70)79-36-21(10-54)76-40(25(32(36)68)48-14(3)57)73-11-22-30(66)38(80-41-24(47-13(2)56)31(67)28(64)19(8-52)74-41)33(69)42(77-22)78-35(18(61)7-51)26(62)16(59)5-49/h15-43,49-54,58-70H,4-11H2,1-3H3,(H,46,55)(H,47,56)(H,48,57)(H,71,72)/t15-,16-,17+,18+,19+,20+,21+,22+,23+,24+,25+,26+,27+,28+,29-,30-,31+,32+,33+,34+,35+,36+,37+,38-,39-,40+,41-,42-,43-,45-/m0/s1. The Labute approximate surface area is 464 Å². The van der Waals surface area contributed by atoms with E-state index >= 15 is 0 Å². The number of amides is 3. The highest BCUT2D eigenvalue weighted by Crippen LogP contribution is 2.39. The van der Waals surface area contributed by atoms with Gasteiger partial charge < -0.3 is 165 Å². The van der Waals surface area contributed by atoms with Crippen LogP contribution >= 0.6 is 0 Å². The maximum atomic E-state index is 13.0. The van der Waals surface area contributed by atoms with Crippen molar-refractivity contribution in [1.82, 2.24) is 16.0 Å². The van der Waals surface area contributed by atoms with Crippen molar-refractivity contribution in [3.05, 3.63) is 0 Å². The summed E-state index contributed by atoms with van der Waals surface area (Å²) in [5.74, 6) is -7.87. The summed E-state index contributed by atoms with van der Waals surface area (Å²) in [5.41, 5.74) is 0. The topological polar surface area (TPSA) is 601 Å². The monoisotopic (exact) mass is 1200 g/mol. The molecule has 0 aliphatic carbocycles. The quantitative estimate of drug-likeness (QED) is 0.0382. The molecule has 0 bridgehead atoms. The molecule has 23 N–H and O–H groups in total. The van der Waals surface area contributed by atoms with Crippen LogP contribution in [0.1, 0.15) is 27.2 Å². The van der Waals surface area contributed by atoms with Crippen LogP contribution in [-0.4, -0.2) is 355 Å². The second kappa shape index (κ2) is 30.4. The Morgan fingerprint density at radius 2 is 1.00 bits per heavy atom. The first-order chi connectivity index (χ1) is 38.5. The second-order valence-corrected chi connectivity index (χ2v) is 20.2. The van der Waals surface area contributed by atoms with Crippen molar-refractivity contribution in [2.75, 3.05) is 46.2 Å². The molecule has 5 heterocycles. The highest BCUT2D eigenvalue weighted by Gasteiger charge is 2.61. The molecule has 0 radical (unpaired) electrons. The minimum absolute atomic E-state index is 0.825. The molecule has 5 rings (SSSR count). The van der Waals surface area contributed by atoms with E-state index in [0.29, 0.717) is 0 Å². The molecular formula is C45H77N3O34. The number of rotatable bonds is 26. The number of aliphatic hydroxyl groups is 19. The van der Waals surface area contributed by atoms with Crippen LogP contribution in [0, 0.1) is 0 Å². The number of carbonyl (C=O) groups excluding carboxylic acids is 3. The van der Waals surface area contributed by atoms with Crippen LogP contribution in [0.2, 0.25) is 0 Å². The predicted molar refractivity (Wildman–Crippen MR) is 253 cm³/mol. The van der Waals surface area contributed by atoms with Crippen LogP contribution in [0.3, 0.4) is 0 Å². The molecule has 0 saturated carbocycles. The normalized spacial score (nSPS) is 42.2. The first-order valence-electron chi connectivity index (χ1n) is 25.7. The number of hydrogen-bond donors (Lipinski definition) is 23. The van der Waals surface area contributed by atoms with Crippen molar-refractivity contribution in [2.24, 2.45) is 0 Å². The number of carbonyl (C=O) groups is 4. The molecule has 37 heteroatoms. The lowest BCUT2D eigenvalue weighted by molar-refractivity contribution is -0.384. The van der Waals surface area contributed by atoms with Gasteiger partial charge >= 0.3 is 5.97 Å². The molecule has 37 nitrogen and oxygen atoms in total. The third-order valence-electron chi connectivity index (χ3n) is 14.2. The summed E-state index contributed by atoms with van der Waals surface area (Å²) < 4.78 is 57.5. The highest BCUT2D eigenvalue weighted by molar-refractivity contribution is 5.77. The molecule has 3 amide bonds. The summed E-state index contributed by atoms with van der Waals surface area (Å²) in [7, 11) is 0. The zero-order valence-electron chi connectivity index (χ0n) is 44.1. The Balaban J connectivity index is 1.44. The van der Waals surface area contributed by atoms with Crippen molar-refractivity contribution in [3.63, 3.8) is 0 Å². The van der Waals surface area contributed by atoms with Crippen LogP contribution in [0.5, 0.6) is 0 Å². The molecule has 0 aromatic heterocycles. The Bertz CT molecular complexity index is 2040. The number of ether oxygens (including phenoxy) is 10. The summed E-state index contributed by atoms with van der Waals surface area (Å²) in [6.07, 6.45) is -55.4. The number of aliphatic carboxylic acids is 1. The van der Waals surface area contributed by atoms with Crippen LogP contribution in [-0.2, 0) is 66.5 Å². The number of carboxylic acids is 1. The van der Waals surface area contributed by atoms with Crippen LogP contribution in [0.25, 0.3) is 0 Å². The van der Waals surface area contributed by atoms with Gasteiger partial charge in [-0.2, -0.15) is 0 Å². The van der Waals surface area contributed by atoms with Gasteiger partial charge in [-0.15, -0.1) is 0 Å². The number of aliphatic hydroxyl groups excluding tert-OH is 19. The maximum absolute atomic E-state index is 13.0. The number of hydrogen-bond acceptors (Lipinski definition) is 33. The van der Waals surface area contributed by atoms with Crippen LogP contribution in [0.4, 0.5) is 0 Å². The van der Waals surface area contributed by atoms with E-state index < -0.39 is 260 Å². The molecule has 82 heavy (non-hydrogen) atoms. The molecule has 0 aromatic rings. The van der Waals surface area contributed by atoms with Gasteiger partial charge in [0, 0.05) is 27.2 Å². The number of nitrogens with one attached hydrogen (secondary N) is 3. The maximum Gasteiger partial charge on any atom is 0.364 e. The molecule has 0 aromatic carbocycles. The van der Waals surface area contributed by atoms with Gasteiger partial charge in [-0.1, -0.05) is 0 Å². The SMILES string of the molecule is CC(=O)N[C@H]1[C@H](OC[C@H]2O[C@@H](O[C@@H]([C@H](O)[C@@H](O)CO)[C@H](O)CO)[C@H](O)[C@@H](O[C@@H]3O[C@H](CO)[C@@H](O)[C@H](O)[C@H]3NC(C)=O)[C@H]2O)O[C@H](CO)[C@@H](O[C@@H]2O[C@H](CO)[C@H](O)[C@H](O[C@]3(C(=O)O)C[C@H](O)[C@@H](NC(C)=O)[C@H]([C@H](O)[C@H](O)CO)O3)[C@H]2O)[C@@H]1O. The van der Waals surface area contributed by atoms with E-state index in [9.17, 15) is 121 Å². The molecular weight excluding hydrogens is 1130 g/mol.